The molecule has 0 unspecified atom stereocenters. The molecule has 0 aliphatic carbocycles. The van der Waals surface area contributed by atoms with Crippen LogP contribution in [0.4, 0.5) is 18.9 Å². The number of methoxy groups -OCH3 is 1. The molecule has 1 atom stereocenters. The van der Waals surface area contributed by atoms with E-state index in [1.54, 1.807) is 12.1 Å². The van der Waals surface area contributed by atoms with Gasteiger partial charge in [-0.15, -0.1) is 0 Å². The van der Waals surface area contributed by atoms with Crippen molar-refractivity contribution < 1.29 is 22.6 Å². The van der Waals surface area contributed by atoms with Gasteiger partial charge in [-0.05, 0) is 29.7 Å². The summed E-state index contributed by atoms with van der Waals surface area (Å²) in [7, 11) is 1.49. The Labute approximate surface area is 139 Å². The first-order valence-electron chi connectivity index (χ1n) is 7.50. The third kappa shape index (κ3) is 4.66. The molecule has 1 heterocycles. The SMILES string of the molecule is COc1ccc(N/C(=C\C2=N[C@@H](C(C)(C)C)CO2)C(F)(F)F)cc1. The van der Waals surface area contributed by atoms with Crippen LogP contribution in [0.5, 0.6) is 5.75 Å². The molecule has 0 amide bonds. The van der Waals surface area contributed by atoms with Crippen molar-refractivity contribution in [3.05, 3.63) is 36.0 Å². The number of aliphatic imine (C=N–C) groups is 1. The third-order valence-corrected chi connectivity index (χ3v) is 3.61. The van der Waals surface area contributed by atoms with E-state index in [1.807, 2.05) is 20.8 Å². The van der Waals surface area contributed by atoms with Crippen molar-refractivity contribution in [2.24, 2.45) is 10.4 Å². The van der Waals surface area contributed by atoms with E-state index in [9.17, 15) is 13.2 Å². The van der Waals surface area contributed by atoms with Crippen molar-refractivity contribution >= 4 is 11.6 Å². The molecule has 0 saturated carbocycles. The third-order valence-electron chi connectivity index (χ3n) is 3.61. The van der Waals surface area contributed by atoms with Crippen molar-refractivity contribution in [1.82, 2.24) is 0 Å². The summed E-state index contributed by atoms with van der Waals surface area (Å²) in [6, 6.07) is 6.01. The van der Waals surface area contributed by atoms with Gasteiger partial charge in [0.25, 0.3) is 0 Å². The fourth-order valence-corrected chi connectivity index (χ4v) is 2.06. The maximum atomic E-state index is 13.3. The number of ether oxygens (including phenoxy) is 2. The highest BCUT2D eigenvalue weighted by atomic mass is 19.4. The van der Waals surface area contributed by atoms with Crippen molar-refractivity contribution in [3.63, 3.8) is 0 Å². The molecular weight excluding hydrogens is 321 g/mol. The van der Waals surface area contributed by atoms with Gasteiger partial charge in [0.2, 0.25) is 5.90 Å². The molecule has 0 saturated heterocycles. The van der Waals surface area contributed by atoms with Crippen LogP contribution in [-0.2, 0) is 4.74 Å². The van der Waals surface area contributed by atoms with Gasteiger partial charge in [-0.2, -0.15) is 13.2 Å². The number of benzene rings is 1. The fraction of sp³-hybridized carbons (Fsp3) is 0.471. The van der Waals surface area contributed by atoms with E-state index in [4.69, 9.17) is 9.47 Å². The molecule has 2 rings (SSSR count). The number of halogens is 3. The molecule has 0 bridgehead atoms. The molecule has 0 spiro atoms. The summed E-state index contributed by atoms with van der Waals surface area (Å²) in [5.74, 6) is 0.554. The number of rotatable bonds is 4. The van der Waals surface area contributed by atoms with Gasteiger partial charge in [-0.25, -0.2) is 4.99 Å². The summed E-state index contributed by atoms with van der Waals surface area (Å²) in [4.78, 5) is 4.24. The zero-order valence-corrected chi connectivity index (χ0v) is 14.1. The summed E-state index contributed by atoms with van der Waals surface area (Å²) in [6.07, 6.45) is -3.65. The molecule has 1 aromatic carbocycles. The molecule has 24 heavy (non-hydrogen) atoms. The monoisotopic (exact) mass is 342 g/mol. The van der Waals surface area contributed by atoms with Gasteiger partial charge >= 0.3 is 6.18 Å². The second-order valence-electron chi connectivity index (χ2n) is 6.57. The smallest absolute Gasteiger partial charge is 0.431 e. The maximum Gasteiger partial charge on any atom is 0.431 e. The van der Waals surface area contributed by atoms with Crippen molar-refractivity contribution in [2.75, 3.05) is 19.0 Å². The first kappa shape index (κ1) is 18.2. The van der Waals surface area contributed by atoms with Gasteiger partial charge < -0.3 is 14.8 Å². The predicted molar refractivity (Wildman–Crippen MR) is 87.4 cm³/mol. The highest BCUT2D eigenvalue weighted by Gasteiger charge is 2.36. The fourth-order valence-electron chi connectivity index (χ4n) is 2.06. The number of nitrogens with zero attached hydrogens (tertiary/aromatic N) is 1. The molecule has 1 N–H and O–H groups in total. The van der Waals surface area contributed by atoms with Gasteiger partial charge in [-0.1, -0.05) is 20.8 Å². The quantitative estimate of drug-likeness (QED) is 0.882. The Morgan fingerprint density at radius 1 is 1.25 bits per heavy atom. The summed E-state index contributed by atoms with van der Waals surface area (Å²) in [5.41, 5.74) is -0.802. The Morgan fingerprint density at radius 3 is 2.33 bits per heavy atom. The van der Waals surface area contributed by atoms with Crippen LogP contribution in [0, 0.1) is 5.41 Å². The molecule has 1 aliphatic heterocycles. The highest BCUT2D eigenvalue weighted by Crippen LogP contribution is 2.30. The van der Waals surface area contributed by atoms with Crippen molar-refractivity contribution in [2.45, 2.75) is 33.0 Å². The molecule has 7 heteroatoms. The van der Waals surface area contributed by atoms with Crippen molar-refractivity contribution in [3.8, 4) is 5.75 Å². The van der Waals surface area contributed by atoms with E-state index < -0.39 is 11.9 Å². The Bertz CT molecular complexity index is 629. The first-order chi connectivity index (χ1) is 11.1. The van der Waals surface area contributed by atoms with Gasteiger partial charge in [0, 0.05) is 11.8 Å². The van der Waals surface area contributed by atoms with Crippen LogP contribution in [0.25, 0.3) is 0 Å². The molecule has 132 valence electrons. The average Bonchev–Trinajstić information content (AvgIpc) is 2.95. The number of hydrogen-bond acceptors (Lipinski definition) is 4. The van der Waals surface area contributed by atoms with E-state index in [1.165, 1.54) is 19.2 Å². The standard InChI is InChI=1S/C17H21F3N2O2/c1-16(2,3)14-10-24-15(22-14)9-13(17(18,19)20)21-11-5-7-12(23-4)8-6-11/h5-9,14,21H,10H2,1-4H3/b13-9-/t14-/m1/s1. The summed E-state index contributed by atoms with van der Waals surface area (Å²) in [6.45, 7) is 6.19. The van der Waals surface area contributed by atoms with Gasteiger partial charge in [0.1, 0.15) is 18.1 Å². The largest absolute Gasteiger partial charge is 0.497 e. The summed E-state index contributed by atoms with van der Waals surface area (Å²) >= 11 is 0. The summed E-state index contributed by atoms with van der Waals surface area (Å²) < 4.78 is 50.1. The molecular formula is C17H21F3N2O2. The lowest BCUT2D eigenvalue weighted by atomic mass is 9.88. The lowest BCUT2D eigenvalue weighted by Gasteiger charge is -2.21. The van der Waals surface area contributed by atoms with Crippen molar-refractivity contribution in [1.29, 1.82) is 0 Å². The first-order valence-corrected chi connectivity index (χ1v) is 7.50. The van der Waals surface area contributed by atoms with E-state index in [-0.39, 0.29) is 24.0 Å². The minimum Gasteiger partial charge on any atom is -0.497 e. The minimum absolute atomic E-state index is 0.0109. The number of nitrogens with one attached hydrogen (secondary N) is 1. The Morgan fingerprint density at radius 2 is 1.88 bits per heavy atom. The molecule has 0 radical (unpaired) electrons. The number of alkyl halides is 3. The Hall–Kier alpha value is -2.18. The van der Waals surface area contributed by atoms with Gasteiger partial charge in [0.05, 0.1) is 13.2 Å². The lowest BCUT2D eigenvalue weighted by molar-refractivity contribution is -0.0902. The minimum atomic E-state index is -4.55. The average molecular weight is 342 g/mol. The van der Waals surface area contributed by atoms with Gasteiger partial charge in [0.15, 0.2) is 0 Å². The Balaban J connectivity index is 2.22. The van der Waals surface area contributed by atoms with Crippen LogP contribution < -0.4 is 10.1 Å². The molecule has 0 fully saturated rings. The van der Waals surface area contributed by atoms with Gasteiger partial charge in [-0.3, -0.25) is 0 Å². The van der Waals surface area contributed by atoms with Crippen LogP contribution in [0.1, 0.15) is 20.8 Å². The Kier molecular flexibility index (Phi) is 5.11. The van der Waals surface area contributed by atoms with Crippen LogP contribution in [0.15, 0.2) is 41.0 Å². The molecule has 1 aliphatic rings. The second-order valence-corrected chi connectivity index (χ2v) is 6.57. The lowest BCUT2D eigenvalue weighted by Crippen LogP contribution is -2.25. The van der Waals surface area contributed by atoms with Crippen LogP contribution in [-0.4, -0.2) is 31.8 Å². The van der Waals surface area contributed by atoms with Crippen LogP contribution in [0.3, 0.4) is 0 Å². The molecule has 1 aromatic rings. The molecule has 4 nitrogen and oxygen atoms in total. The number of anilines is 1. The molecule has 0 aromatic heterocycles. The normalized spacial score (nSPS) is 18.9. The number of allylic oxidation sites excluding steroid dienone is 1. The zero-order valence-electron chi connectivity index (χ0n) is 14.1. The zero-order chi connectivity index (χ0) is 18.0. The van der Waals surface area contributed by atoms with Crippen LogP contribution in [0.2, 0.25) is 0 Å². The summed E-state index contributed by atoms with van der Waals surface area (Å²) in [5, 5.41) is 2.37. The van der Waals surface area contributed by atoms with E-state index in [0.29, 0.717) is 11.4 Å². The van der Waals surface area contributed by atoms with E-state index in [2.05, 4.69) is 10.3 Å². The number of hydrogen-bond donors (Lipinski definition) is 1. The highest BCUT2D eigenvalue weighted by molar-refractivity contribution is 5.90. The van der Waals surface area contributed by atoms with E-state index >= 15 is 0 Å². The van der Waals surface area contributed by atoms with E-state index in [0.717, 1.165) is 6.08 Å². The second kappa shape index (κ2) is 6.75. The maximum absolute atomic E-state index is 13.3. The van der Waals surface area contributed by atoms with Crippen LogP contribution >= 0.6 is 0 Å². The predicted octanol–water partition coefficient (Wildman–Crippen LogP) is 4.40. The topological polar surface area (TPSA) is 42.8 Å².